The molecular formula is C10H14F3Rf2-. The first-order chi connectivity index (χ1) is 5.87. The summed E-state index contributed by atoms with van der Waals surface area (Å²) >= 11 is 0. The van der Waals surface area contributed by atoms with Gasteiger partial charge in [-0.25, -0.2) is 0 Å². The second kappa shape index (κ2) is 2.89. The summed E-state index contributed by atoms with van der Waals surface area (Å²) in [7, 11) is 0. The number of fused-ring (bicyclic) bond motifs is 2. The van der Waals surface area contributed by atoms with E-state index in [2.05, 4.69) is 0 Å². The Labute approximate surface area is 76.5 Å². The van der Waals surface area contributed by atoms with Crippen LogP contribution in [0.4, 0.5) is 13.2 Å². The molecule has 2 bridgehead atoms. The van der Waals surface area contributed by atoms with Gasteiger partial charge in [-0.05, 0) is 0 Å². The third-order valence-electron chi connectivity index (χ3n) is 4.27. The van der Waals surface area contributed by atoms with Crippen LogP contribution in [0.5, 0.6) is 0 Å². The molecule has 0 nitrogen and oxygen atoms in total. The molecule has 0 spiro atoms. The third kappa shape index (κ3) is 1.12. The van der Waals surface area contributed by atoms with Gasteiger partial charge in [-0.1, -0.05) is 37.5 Å². The molecule has 2 aliphatic carbocycles. The summed E-state index contributed by atoms with van der Waals surface area (Å²) in [5, 5.41) is 0. The number of hydrogen-bond donors (Lipinski definition) is 0. The third-order valence-corrected chi connectivity index (χ3v) is 4.27. The average Bonchev–Trinajstić information content (AvgIpc) is 2.53. The molecule has 3 atom stereocenters. The van der Waals surface area contributed by atoms with Crippen LogP contribution in [0.15, 0.2) is 0 Å². The van der Waals surface area contributed by atoms with Gasteiger partial charge in [0.25, 0.3) is 0 Å². The minimum atomic E-state index is -4.04. The Balaban J connectivity index is 0.000000980. The summed E-state index contributed by atoms with van der Waals surface area (Å²) in [4.78, 5) is 0. The van der Waals surface area contributed by atoms with E-state index in [4.69, 9.17) is 0 Å². The van der Waals surface area contributed by atoms with E-state index in [0.29, 0.717) is 5.92 Å². The molecule has 0 aromatic carbocycles. The van der Waals surface area contributed by atoms with Gasteiger partial charge in [0.15, 0.2) is 0 Å². The van der Waals surface area contributed by atoms with Crippen molar-refractivity contribution in [3.05, 3.63) is 5.92 Å². The van der Waals surface area contributed by atoms with Crippen molar-refractivity contribution >= 4 is 0 Å². The number of rotatable bonds is 0. The summed E-state index contributed by atoms with van der Waals surface area (Å²) in [5.74, 6) is 0.783. The molecule has 3 unspecified atom stereocenters. The molecule has 2 aliphatic rings. The SMILES string of the molecule is C[C-]1C2CCC(C2)C1(C)C(F)(F)F.[Rf].[Rf]. The number of halogens is 3. The summed E-state index contributed by atoms with van der Waals surface area (Å²) in [6, 6.07) is 0. The molecule has 15 heavy (non-hydrogen) atoms. The standard InChI is InChI=1S/C10H14F3.2Rf/c1-6-7-3-4-8(5-7)9(6,2)10(11,12)13;;/h7-8H,3-5H2,1-2H3;;/q-1;;. The van der Waals surface area contributed by atoms with Gasteiger partial charge in [0.05, 0.1) is 0 Å². The summed E-state index contributed by atoms with van der Waals surface area (Å²) in [5.41, 5.74) is -1.48. The molecule has 0 N–H and O–H groups in total. The largest absolute Gasteiger partial charge is 0.368 e. The zero-order valence-electron chi connectivity index (χ0n) is 9.32. The summed E-state index contributed by atoms with van der Waals surface area (Å²) < 4.78 is 38.5. The van der Waals surface area contributed by atoms with E-state index in [-0.39, 0.29) is 11.8 Å². The van der Waals surface area contributed by atoms with Gasteiger partial charge in [0.1, 0.15) is 0 Å². The van der Waals surface area contributed by atoms with Crippen LogP contribution in [0.25, 0.3) is 0 Å². The summed E-state index contributed by atoms with van der Waals surface area (Å²) in [6.45, 7) is 3.07. The van der Waals surface area contributed by atoms with E-state index < -0.39 is 11.6 Å². The van der Waals surface area contributed by atoms with Crippen molar-refractivity contribution in [1.29, 1.82) is 0 Å². The Bertz CT molecular complexity index is 225. The number of hydrogen-bond acceptors (Lipinski definition) is 0. The van der Waals surface area contributed by atoms with Gasteiger partial charge in [0.2, 0.25) is 0 Å². The molecule has 5 heteroatoms. The zero-order valence-corrected chi connectivity index (χ0v) is 22.1. The van der Waals surface area contributed by atoms with Crippen LogP contribution in [0.1, 0.15) is 33.1 Å². The van der Waals surface area contributed by atoms with Crippen molar-refractivity contribution in [3.63, 3.8) is 0 Å². The Hall–Kier alpha value is -2.21. The molecule has 0 aliphatic heterocycles. The molecule has 0 aromatic rings. The molecule has 0 heterocycles. The fourth-order valence-electron chi connectivity index (χ4n) is 3.10. The second-order valence-electron chi connectivity index (χ2n) is 4.59. The topological polar surface area (TPSA) is 0 Å². The van der Waals surface area contributed by atoms with Crippen molar-refractivity contribution < 1.29 is 13.2 Å². The molecule has 0 amide bonds. The number of alkyl halides is 3. The van der Waals surface area contributed by atoms with Crippen molar-refractivity contribution in [2.45, 2.75) is 39.3 Å². The Morgan fingerprint density at radius 1 is 1.20 bits per heavy atom. The van der Waals surface area contributed by atoms with Crippen LogP contribution < -0.4 is 0 Å². The maximum atomic E-state index is 12.8. The van der Waals surface area contributed by atoms with Crippen LogP contribution in [0, 0.1) is 23.2 Å². The first-order valence-electron chi connectivity index (χ1n) is 4.78. The van der Waals surface area contributed by atoms with Gasteiger partial charge in [-0.3, -0.25) is 5.92 Å². The molecule has 2 rings (SSSR count). The zero-order chi connectivity index (χ0) is 9.85. The van der Waals surface area contributed by atoms with Crippen LogP contribution >= 0.6 is 0 Å². The Morgan fingerprint density at radius 3 is 2.00 bits per heavy atom. The predicted octanol–water partition coefficient (Wildman–Crippen LogP) is 3.58. The quantitative estimate of drug-likeness (QED) is 0.336. The first-order valence-corrected chi connectivity index (χ1v) is 4.78. The average molecular weight is 725 g/mol. The van der Waals surface area contributed by atoms with Crippen molar-refractivity contribution in [1.82, 2.24) is 0 Å². The van der Waals surface area contributed by atoms with Crippen LogP contribution in [0.2, 0.25) is 0 Å². The van der Waals surface area contributed by atoms with Gasteiger partial charge >= 0.3 is 6.18 Å². The van der Waals surface area contributed by atoms with Crippen molar-refractivity contribution in [2.24, 2.45) is 17.3 Å². The Kier molecular flexibility index (Phi) is 2.47. The van der Waals surface area contributed by atoms with Gasteiger partial charge in [-0.2, -0.15) is 26.0 Å². The normalized spacial score (nSPS) is 39.8. The smallest absolute Gasteiger partial charge is 0.299 e. The Morgan fingerprint density at radius 2 is 1.73 bits per heavy atom. The maximum absolute atomic E-state index is 12.8. The fraction of sp³-hybridized carbons (Fsp3) is 0.900. The van der Waals surface area contributed by atoms with Gasteiger partial charge in [-0.15, -0.1) is 0 Å². The molecule has 0 saturated heterocycles. The molecule has 80 valence electrons. The first kappa shape index (κ1) is 12.8. The van der Waals surface area contributed by atoms with E-state index in [1.165, 1.54) is 6.92 Å². The van der Waals surface area contributed by atoms with Gasteiger partial charge in [0, 0.05) is 0 Å². The van der Waals surface area contributed by atoms with Crippen molar-refractivity contribution in [3.8, 4) is 0 Å². The van der Waals surface area contributed by atoms with E-state index >= 15 is 0 Å². The van der Waals surface area contributed by atoms with E-state index in [1.54, 1.807) is 6.92 Å². The molecule has 2 saturated carbocycles. The van der Waals surface area contributed by atoms with Crippen LogP contribution in [-0.2, 0) is 0 Å². The minimum absolute atomic E-state index is 0. The minimum Gasteiger partial charge on any atom is -0.299 e. The molecular weight excluding hydrogens is 711 g/mol. The molecule has 0 radical (unpaired) electrons. The van der Waals surface area contributed by atoms with E-state index in [1.807, 2.05) is 0 Å². The monoisotopic (exact) mass is 725 g/mol. The second-order valence-corrected chi connectivity index (χ2v) is 4.59. The maximum Gasteiger partial charge on any atom is 0.368 e. The van der Waals surface area contributed by atoms with Gasteiger partial charge < -0.3 is 0 Å². The predicted molar refractivity (Wildman–Crippen MR) is 43.9 cm³/mol. The van der Waals surface area contributed by atoms with E-state index in [9.17, 15) is 13.2 Å². The van der Waals surface area contributed by atoms with Crippen molar-refractivity contribution in [2.75, 3.05) is 0 Å². The van der Waals surface area contributed by atoms with E-state index in [0.717, 1.165) is 19.3 Å². The molecule has 0 aromatic heterocycles. The molecule has 2 fully saturated rings. The summed E-state index contributed by atoms with van der Waals surface area (Å²) in [6.07, 6.45) is -1.54. The van der Waals surface area contributed by atoms with Crippen LogP contribution in [-0.4, -0.2) is 6.18 Å². The fourth-order valence-corrected chi connectivity index (χ4v) is 3.10. The van der Waals surface area contributed by atoms with Crippen LogP contribution in [0.3, 0.4) is 0 Å².